The maximum absolute atomic E-state index is 12.4. The third-order valence-corrected chi connectivity index (χ3v) is 3.78. The Kier molecular flexibility index (Phi) is 4.24. The Hall–Kier alpha value is -1.78. The van der Waals surface area contributed by atoms with Gasteiger partial charge < -0.3 is 14.4 Å². The standard InChI is InChI=1S/C14H19NO4/c1-15(8-10-6-7-19-9-10)13(16)11-4-2-3-5-12(11)14(17)18/h6-7,9,11-12H,2-5,8H2,1H3,(H,17,18). The smallest absolute Gasteiger partial charge is 0.307 e. The van der Waals surface area contributed by atoms with Gasteiger partial charge in [-0.15, -0.1) is 0 Å². The van der Waals surface area contributed by atoms with Gasteiger partial charge in [0.15, 0.2) is 0 Å². The van der Waals surface area contributed by atoms with Crippen LogP contribution in [-0.2, 0) is 16.1 Å². The van der Waals surface area contributed by atoms with E-state index in [1.54, 1.807) is 30.5 Å². The highest BCUT2D eigenvalue weighted by molar-refractivity contribution is 5.84. The molecule has 2 atom stereocenters. The Morgan fingerprint density at radius 1 is 1.37 bits per heavy atom. The Morgan fingerprint density at radius 2 is 2.05 bits per heavy atom. The highest BCUT2D eigenvalue weighted by Gasteiger charge is 2.37. The second-order valence-corrected chi connectivity index (χ2v) is 5.16. The van der Waals surface area contributed by atoms with Crippen LogP contribution in [0.1, 0.15) is 31.2 Å². The lowest BCUT2D eigenvalue weighted by atomic mass is 9.78. The highest BCUT2D eigenvalue weighted by Crippen LogP contribution is 2.31. The molecule has 1 heterocycles. The molecule has 1 amide bonds. The van der Waals surface area contributed by atoms with Gasteiger partial charge in [-0.1, -0.05) is 12.8 Å². The van der Waals surface area contributed by atoms with Crippen LogP contribution in [0.3, 0.4) is 0 Å². The first-order valence-electron chi connectivity index (χ1n) is 6.58. The molecule has 1 aliphatic rings. The molecule has 5 heteroatoms. The summed E-state index contributed by atoms with van der Waals surface area (Å²) in [6.45, 7) is 0.457. The van der Waals surface area contributed by atoms with Crippen molar-refractivity contribution < 1.29 is 19.1 Å². The average molecular weight is 265 g/mol. The fourth-order valence-corrected chi connectivity index (χ4v) is 2.74. The number of carbonyl (C=O) groups excluding carboxylic acids is 1. The van der Waals surface area contributed by atoms with Crippen LogP contribution in [0.15, 0.2) is 23.0 Å². The van der Waals surface area contributed by atoms with Crippen molar-refractivity contribution in [2.45, 2.75) is 32.2 Å². The topological polar surface area (TPSA) is 70.8 Å². The van der Waals surface area contributed by atoms with Crippen molar-refractivity contribution in [2.24, 2.45) is 11.8 Å². The minimum absolute atomic E-state index is 0.0756. The average Bonchev–Trinajstić information content (AvgIpc) is 2.90. The number of nitrogens with zero attached hydrogens (tertiary/aromatic N) is 1. The van der Waals surface area contributed by atoms with Gasteiger partial charge in [0.05, 0.1) is 24.4 Å². The molecule has 1 aliphatic carbocycles. The number of rotatable bonds is 4. The predicted octanol–water partition coefficient (Wildman–Crippen LogP) is 2.13. The van der Waals surface area contributed by atoms with Crippen LogP contribution in [0.25, 0.3) is 0 Å². The molecular weight excluding hydrogens is 246 g/mol. The van der Waals surface area contributed by atoms with Gasteiger partial charge >= 0.3 is 5.97 Å². The Bertz CT molecular complexity index is 440. The Morgan fingerprint density at radius 3 is 2.63 bits per heavy atom. The van der Waals surface area contributed by atoms with Crippen LogP contribution in [-0.4, -0.2) is 28.9 Å². The van der Waals surface area contributed by atoms with E-state index in [0.717, 1.165) is 18.4 Å². The fourth-order valence-electron chi connectivity index (χ4n) is 2.74. The van der Waals surface area contributed by atoms with Crippen molar-refractivity contribution in [2.75, 3.05) is 7.05 Å². The summed E-state index contributed by atoms with van der Waals surface area (Å²) >= 11 is 0. The van der Waals surface area contributed by atoms with E-state index in [-0.39, 0.29) is 11.8 Å². The summed E-state index contributed by atoms with van der Waals surface area (Å²) in [4.78, 5) is 25.2. The summed E-state index contributed by atoms with van der Waals surface area (Å²) in [7, 11) is 1.71. The predicted molar refractivity (Wildman–Crippen MR) is 68.3 cm³/mol. The first kappa shape index (κ1) is 13.6. The van der Waals surface area contributed by atoms with E-state index in [9.17, 15) is 14.7 Å². The van der Waals surface area contributed by atoms with E-state index >= 15 is 0 Å². The van der Waals surface area contributed by atoms with Crippen molar-refractivity contribution in [3.05, 3.63) is 24.2 Å². The number of amides is 1. The third kappa shape index (κ3) is 3.16. The van der Waals surface area contributed by atoms with Gasteiger partial charge in [-0.3, -0.25) is 9.59 Å². The molecule has 1 aromatic heterocycles. The van der Waals surface area contributed by atoms with Crippen LogP contribution in [0.2, 0.25) is 0 Å². The van der Waals surface area contributed by atoms with Gasteiger partial charge in [-0.2, -0.15) is 0 Å². The first-order chi connectivity index (χ1) is 9.09. The highest BCUT2D eigenvalue weighted by atomic mass is 16.4. The summed E-state index contributed by atoms with van der Waals surface area (Å²) in [6, 6.07) is 1.80. The van der Waals surface area contributed by atoms with Gasteiger partial charge in [0.2, 0.25) is 5.91 Å². The van der Waals surface area contributed by atoms with Crippen molar-refractivity contribution >= 4 is 11.9 Å². The van der Waals surface area contributed by atoms with Gasteiger partial charge in [0, 0.05) is 19.2 Å². The molecule has 0 spiro atoms. The largest absolute Gasteiger partial charge is 0.481 e. The van der Waals surface area contributed by atoms with E-state index in [2.05, 4.69) is 0 Å². The molecule has 0 aliphatic heterocycles. The van der Waals surface area contributed by atoms with Crippen LogP contribution in [0.5, 0.6) is 0 Å². The number of carbonyl (C=O) groups is 2. The van der Waals surface area contributed by atoms with E-state index < -0.39 is 11.9 Å². The zero-order valence-corrected chi connectivity index (χ0v) is 11.0. The molecule has 0 bridgehead atoms. The molecule has 1 fully saturated rings. The Labute approximate surface area is 112 Å². The van der Waals surface area contributed by atoms with Crippen LogP contribution in [0.4, 0.5) is 0 Å². The molecule has 2 rings (SSSR count). The maximum atomic E-state index is 12.4. The number of carboxylic acids is 1. The third-order valence-electron chi connectivity index (χ3n) is 3.78. The number of aliphatic carboxylic acids is 1. The molecule has 1 saturated carbocycles. The van der Waals surface area contributed by atoms with Gasteiger partial charge in [0.1, 0.15) is 0 Å². The van der Waals surface area contributed by atoms with Crippen LogP contribution in [0, 0.1) is 11.8 Å². The minimum atomic E-state index is -0.852. The summed E-state index contributed by atoms with van der Waals surface area (Å²) in [6.07, 6.45) is 6.26. The lowest BCUT2D eigenvalue weighted by molar-refractivity contribution is -0.152. The number of hydrogen-bond donors (Lipinski definition) is 1. The molecule has 0 saturated heterocycles. The zero-order valence-electron chi connectivity index (χ0n) is 11.0. The zero-order chi connectivity index (χ0) is 13.8. The van der Waals surface area contributed by atoms with Crippen LogP contribution < -0.4 is 0 Å². The maximum Gasteiger partial charge on any atom is 0.307 e. The lowest BCUT2D eigenvalue weighted by Crippen LogP contribution is -2.40. The molecule has 104 valence electrons. The molecule has 0 radical (unpaired) electrons. The summed E-state index contributed by atoms with van der Waals surface area (Å²) in [5.41, 5.74) is 0.915. The summed E-state index contributed by atoms with van der Waals surface area (Å²) in [5.74, 6) is -1.85. The van der Waals surface area contributed by atoms with Crippen molar-refractivity contribution in [3.8, 4) is 0 Å². The molecule has 0 aromatic carbocycles. The molecule has 5 nitrogen and oxygen atoms in total. The van der Waals surface area contributed by atoms with Crippen LogP contribution >= 0.6 is 0 Å². The van der Waals surface area contributed by atoms with Gasteiger partial charge in [-0.05, 0) is 18.9 Å². The fraction of sp³-hybridized carbons (Fsp3) is 0.571. The second-order valence-electron chi connectivity index (χ2n) is 5.16. The molecule has 1 aromatic rings. The van der Waals surface area contributed by atoms with Crippen molar-refractivity contribution in [1.82, 2.24) is 4.90 Å². The van der Waals surface area contributed by atoms with Crippen molar-refractivity contribution in [1.29, 1.82) is 0 Å². The van der Waals surface area contributed by atoms with Gasteiger partial charge in [0.25, 0.3) is 0 Å². The minimum Gasteiger partial charge on any atom is -0.481 e. The molecule has 2 unspecified atom stereocenters. The Balaban J connectivity index is 2.02. The molecule has 1 N–H and O–H groups in total. The number of carboxylic acid groups (broad SMARTS) is 1. The normalized spacial score (nSPS) is 23.0. The first-order valence-corrected chi connectivity index (χ1v) is 6.58. The quantitative estimate of drug-likeness (QED) is 0.905. The van der Waals surface area contributed by atoms with Crippen molar-refractivity contribution in [3.63, 3.8) is 0 Å². The number of furan rings is 1. The van der Waals surface area contributed by atoms with E-state index in [1.807, 2.05) is 0 Å². The van der Waals surface area contributed by atoms with E-state index in [4.69, 9.17) is 4.42 Å². The molecule has 19 heavy (non-hydrogen) atoms. The lowest BCUT2D eigenvalue weighted by Gasteiger charge is -2.30. The SMILES string of the molecule is CN(Cc1ccoc1)C(=O)C1CCCCC1C(=O)O. The second kappa shape index (κ2) is 5.91. The summed E-state index contributed by atoms with van der Waals surface area (Å²) < 4.78 is 4.97. The van der Waals surface area contributed by atoms with E-state index in [1.165, 1.54) is 0 Å². The number of hydrogen-bond acceptors (Lipinski definition) is 3. The summed E-state index contributed by atoms with van der Waals surface area (Å²) in [5, 5.41) is 9.21. The molecular formula is C14H19NO4. The van der Waals surface area contributed by atoms with E-state index in [0.29, 0.717) is 19.4 Å². The monoisotopic (exact) mass is 265 g/mol. The van der Waals surface area contributed by atoms with Gasteiger partial charge in [-0.25, -0.2) is 0 Å².